The van der Waals surface area contributed by atoms with Gasteiger partial charge in [0.1, 0.15) is 5.82 Å². The van der Waals surface area contributed by atoms with Crippen molar-refractivity contribution in [2.75, 3.05) is 7.11 Å². The zero-order valence-corrected chi connectivity index (χ0v) is 18.2. The second-order valence-electron chi connectivity index (χ2n) is 7.10. The first kappa shape index (κ1) is 24.1. The lowest BCUT2D eigenvalue weighted by Crippen LogP contribution is -2.33. The van der Waals surface area contributed by atoms with E-state index in [-0.39, 0.29) is 33.2 Å². The van der Waals surface area contributed by atoms with Crippen LogP contribution in [0.3, 0.4) is 0 Å². The number of alkyl halides is 3. The molecule has 2 aromatic carbocycles. The Kier molecular flexibility index (Phi) is 7.51. The number of allylic oxidation sites excluding steroid dienone is 1. The molecule has 0 aromatic heterocycles. The lowest BCUT2D eigenvalue weighted by Gasteiger charge is -2.23. The smallest absolute Gasteiger partial charge is 0.446 e. The van der Waals surface area contributed by atoms with Crippen molar-refractivity contribution in [1.82, 2.24) is 5.32 Å². The van der Waals surface area contributed by atoms with Crippen LogP contribution in [0.2, 0.25) is 5.02 Å². The number of carbonyl (C=O) groups excluding carboxylic acids is 2. The predicted octanol–water partition coefficient (Wildman–Crippen LogP) is 5.72. The first-order chi connectivity index (χ1) is 15.1. The van der Waals surface area contributed by atoms with E-state index in [4.69, 9.17) is 16.3 Å². The molecular weight excluding hydrogens is 470 g/mol. The van der Waals surface area contributed by atoms with Crippen molar-refractivity contribution >= 4 is 35.2 Å². The van der Waals surface area contributed by atoms with E-state index in [9.17, 15) is 27.2 Å². The molecule has 0 radical (unpaired) electrons. The Morgan fingerprint density at radius 3 is 2.44 bits per heavy atom. The average Bonchev–Trinajstić information content (AvgIpc) is 3.16. The van der Waals surface area contributed by atoms with Gasteiger partial charge in [-0.1, -0.05) is 29.8 Å². The zero-order valence-electron chi connectivity index (χ0n) is 16.7. The largest absolute Gasteiger partial charge is 0.469 e. The minimum atomic E-state index is -4.41. The van der Waals surface area contributed by atoms with Crippen LogP contribution in [0.1, 0.15) is 28.3 Å². The van der Waals surface area contributed by atoms with Crippen LogP contribution in [-0.2, 0) is 9.53 Å². The summed E-state index contributed by atoms with van der Waals surface area (Å²) in [5.41, 5.74) is -3.78. The quantitative estimate of drug-likeness (QED) is 0.245. The lowest BCUT2D eigenvalue weighted by atomic mass is 9.85. The first-order valence-corrected chi connectivity index (χ1v) is 10.6. The van der Waals surface area contributed by atoms with Gasteiger partial charge in [-0.25, -0.2) is 4.39 Å². The molecule has 0 spiro atoms. The molecule has 2 aromatic rings. The number of hydrogen-bond donors (Lipinski definition) is 1. The van der Waals surface area contributed by atoms with Crippen molar-refractivity contribution in [3.8, 4) is 0 Å². The number of methoxy groups -OCH3 is 1. The molecule has 32 heavy (non-hydrogen) atoms. The van der Waals surface area contributed by atoms with Gasteiger partial charge in [-0.2, -0.15) is 13.2 Å². The molecule has 1 aliphatic carbocycles. The van der Waals surface area contributed by atoms with Gasteiger partial charge in [0.25, 0.3) is 5.91 Å². The molecule has 3 rings (SSSR count). The second kappa shape index (κ2) is 9.95. The number of benzene rings is 2. The van der Waals surface area contributed by atoms with Crippen LogP contribution in [-0.4, -0.2) is 30.5 Å². The van der Waals surface area contributed by atoms with Crippen LogP contribution in [0.4, 0.5) is 17.6 Å². The maximum atomic E-state index is 13.4. The van der Waals surface area contributed by atoms with Crippen LogP contribution in [0.25, 0.3) is 0 Å². The third-order valence-electron chi connectivity index (χ3n) is 4.96. The molecule has 10 heteroatoms. The van der Waals surface area contributed by atoms with E-state index in [1.165, 1.54) is 43.5 Å². The van der Waals surface area contributed by atoms with Crippen molar-refractivity contribution < 1.29 is 31.9 Å². The van der Waals surface area contributed by atoms with Crippen LogP contribution >= 0.6 is 23.4 Å². The van der Waals surface area contributed by atoms with E-state index in [1.54, 1.807) is 12.2 Å². The normalized spacial score (nSPS) is 18.9. The number of esters is 1. The standard InChI is InChI=1S/C22H18ClF4NO3S/c1-31-21(30)19(17-9-5-14(24)11-18(17)23)13-2-6-15(10-13)28-20(29)12-3-7-16(8-4-12)32-22(25,26)27/h2-9,11,13,15,19H,10H2,1H3,(H,28,29). The number of hydrogen-bond acceptors (Lipinski definition) is 4. The highest BCUT2D eigenvalue weighted by atomic mass is 35.5. The summed E-state index contributed by atoms with van der Waals surface area (Å²) in [7, 11) is 1.24. The highest BCUT2D eigenvalue weighted by Crippen LogP contribution is 2.38. The fraction of sp³-hybridized carbons (Fsp3) is 0.273. The third kappa shape index (κ3) is 6.04. The van der Waals surface area contributed by atoms with Gasteiger partial charge < -0.3 is 10.1 Å². The Labute approximate surface area is 191 Å². The molecule has 1 aliphatic rings. The van der Waals surface area contributed by atoms with E-state index in [0.717, 1.165) is 6.07 Å². The van der Waals surface area contributed by atoms with E-state index in [1.807, 2.05) is 0 Å². The fourth-order valence-corrected chi connectivity index (χ4v) is 4.38. The molecule has 170 valence electrons. The van der Waals surface area contributed by atoms with E-state index in [0.29, 0.717) is 12.0 Å². The molecule has 3 unspecified atom stereocenters. The van der Waals surface area contributed by atoms with Crippen LogP contribution in [0.15, 0.2) is 59.5 Å². The van der Waals surface area contributed by atoms with Gasteiger partial charge in [0.15, 0.2) is 0 Å². The summed E-state index contributed by atoms with van der Waals surface area (Å²) < 4.78 is 55.6. The maximum absolute atomic E-state index is 13.4. The lowest BCUT2D eigenvalue weighted by molar-refractivity contribution is -0.143. The van der Waals surface area contributed by atoms with Gasteiger partial charge in [-0.05, 0) is 66.1 Å². The summed E-state index contributed by atoms with van der Waals surface area (Å²) in [5, 5.41) is 2.88. The summed E-state index contributed by atoms with van der Waals surface area (Å²) in [6.07, 6.45) is 3.85. The van der Waals surface area contributed by atoms with E-state index >= 15 is 0 Å². The van der Waals surface area contributed by atoms with Crippen molar-refractivity contribution in [3.63, 3.8) is 0 Å². The van der Waals surface area contributed by atoms with Gasteiger partial charge in [-0.15, -0.1) is 0 Å². The number of nitrogens with one attached hydrogen (secondary N) is 1. The Hall–Kier alpha value is -2.52. The number of thioether (sulfide) groups is 1. The van der Waals surface area contributed by atoms with Gasteiger partial charge in [0.2, 0.25) is 0 Å². The minimum absolute atomic E-state index is 0.0213. The van der Waals surface area contributed by atoms with E-state index < -0.39 is 35.2 Å². The molecule has 1 N–H and O–H groups in total. The molecule has 0 fully saturated rings. The zero-order chi connectivity index (χ0) is 23.5. The molecule has 4 nitrogen and oxygen atoms in total. The molecular formula is C22H18ClF4NO3S. The average molecular weight is 488 g/mol. The number of rotatable bonds is 6. The number of halogens is 5. The summed E-state index contributed by atoms with van der Waals surface area (Å²) >= 11 is 5.88. The van der Waals surface area contributed by atoms with Crippen molar-refractivity contribution in [1.29, 1.82) is 0 Å². The van der Waals surface area contributed by atoms with E-state index in [2.05, 4.69) is 5.32 Å². The Morgan fingerprint density at radius 2 is 1.84 bits per heavy atom. The maximum Gasteiger partial charge on any atom is 0.446 e. The van der Waals surface area contributed by atoms with Crippen LogP contribution < -0.4 is 5.32 Å². The Bertz CT molecular complexity index is 1030. The summed E-state index contributed by atoms with van der Waals surface area (Å²) in [6, 6.07) is 8.42. The van der Waals surface area contributed by atoms with Gasteiger partial charge in [-0.3, -0.25) is 9.59 Å². The minimum Gasteiger partial charge on any atom is -0.469 e. The fourth-order valence-electron chi connectivity index (χ4n) is 3.55. The highest BCUT2D eigenvalue weighted by molar-refractivity contribution is 8.00. The SMILES string of the molecule is COC(=O)C(c1ccc(F)cc1Cl)C1C=CC(NC(=O)c2ccc(SC(F)(F)F)cc2)C1. The van der Waals surface area contributed by atoms with Crippen molar-refractivity contribution in [2.45, 2.75) is 28.8 Å². The molecule has 0 saturated heterocycles. The molecule has 0 bridgehead atoms. The van der Waals surface area contributed by atoms with Crippen molar-refractivity contribution in [2.24, 2.45) is 5.92 Å². The topological polar surface area (TPSA) is 55.4 Å². The monoisotopic (exact) mass is 487 g/mol. The molecule has 0 heterocycles. The van der Waals surface area contributed by atoms with Gasteiger partial charge in [0.05, 0.1) is 13.0 Å². The van der Waals surface area contributed by atoms with Crippen LogP contribution in [0.5, 0.6) is 0 Å². The third-order valence-corrected chi connectivity index (χ3v) is 6.03. The van der Waals surface area contributed by atoms with Crippen LogP contribution in [0, 0.1) is 11.7 Å². The van der Waals surface area contributed by atoms with Gasteiger partial charge in [0, 0.05) is 21.5 Å². The van der Waals surface area contributed by atoms with Crippen molar-refractivity contribution in [3.05, 3.63) is 76.6 Å². The Morgan fingerprint density at radius 1 is 1.16 bits per heavy atom. The Balaban J connectivity index is 1.68. The van der Waals surface area contributed by atoms with Gasteiger partial charge >= 0.3 is 11.5 Å². The molecule has 1 amide bonds. The molecule has 0 aliphatic heterocycles. The highest BCUT2D eigenvalue weighted by Gasteiger charge is 2.35. The first-order valence-electron chi connectivity index (χ1n) is 9.45. The number of carbonyl (C=O) groups is 2. The summed E-state index contributed by atoms with van der Waals surface area (Å²) in [4.78, 5) is 24.9. The number of ether oxygens (including phenoxy) is 1. The molecule has 3 atom stereocenters. The second-order valence-corrected chi connectivity index (χ2v) is 8.65. The number of amides is 1. The summed E-state index contributed by atoms with van der Waals surface area (Å²) in [5.74, 6) is -2.68. The summed E-state index contributed by atoms with van der Waals surface area (Å²) in [6.45, 7) is 0. The molecule has 0 saturated carbocycles. The predicted molar refractivity (Wildman–Crippen MR) is 113 cm³/mol.